The van der Waals surface area contributed by atoms with E-state index in [-0.39, 0.29) is 23.7 Å². The van der Waals surface area contributed by atoms with Crippen LogP contribution in [0.15, 0.2) is 29.4 Å². The SMILES string of the molecule is CSc1nnnn1-c1cccc(NC(=O)CCNC(=O)C23CC4CC(CC(C4)C2)C3)c1. The third kappa shape index (κ3) is 4.07. The second kappa shape index (κ2) is 8.26. The van der Waals surface area contributed by atoms with E-state index in [2.05, 4.69) is 26.2 Å². The molecule has 8 nitrogen and oxygen atoms in total. The van der Waals surface area contributed by atoms with Crippen molar-refractivity contribution in [1.29, 1.82) is 0 Å². The maximum Gasteiger partial charge on any atom is 0.226 e. The monoisotopic (exact) mass is 440 g/mol. The third-order valence-electron chi connectivity index (χ3n) is 7.16. The average molecular weight is 441 g/mol. The summed E-state index contributed by atoms with van der Waals surface area (Å²) in [6.45, 7) is 0.371. The Morgan fingerprint density at radius 1 is 1.16 bits per heavy atom. The number of anilines is 1. The van der Waals surface area contributed by atoms with Gasteiger partial charge in [0, 0.05) is 24.1 Å². The van der Waals surface area contributed by atoms with Crippen molar-refractivity contribution in [2.45, 2.75) is 50.1 Å². The Hall–Kier alpha value is -2.42. The van der Waals surface area contributed by atoms with Gasteiger partial charge in [-0.2, -0.15) is 4.68 Å². The molecule has 2 N–H and O–H groups in total. The van der Waals surface area contributed by atoms with E-state index in [9.17, 15) is 9.59 Å². The minimum Gasteiger partial charge on any atom is -0.355 e. The minimum absolute atomic E-state index is 0.121. The number of aromatic nitrogens is 4. The Morgan fingerprint density at radius 2 is 1.87 bits per heavy atom. The summed E-state index contributed by atoms with van der Waals surface area (Å²) in [5, 5.41) is 18.3. The van der Waals surface area contributed by atoms with Gasteiger partial charge in [0.05, 0.1) is 5.69 Å². The maximum atomic E-state index is 13.0. The van der Waals surface area contributed by atoms with Gasteiger partial charge in [0.25, 0.3) is 0 Å². The van der Waals surface area contributed by atoms with Crippen LogP contribution in [0, 0.1) is 23.2 Å². The summed E-state index contributed by atoms with van der Waals surface area (Å²) in [5.41, 5.74) is 1.29. The van der Waals surface area contributed by atoms with Crippen LogP contribution < -0.4 is 10.6 Å². The minimum atomic E-state index is -0.166. The maximum absolute atomic E-state index is 13.0. The van der Waals surface area contributed by atoms with Crippen molar-refractivity contribution in [2.24, 2.45) is 23.2 Å². The van der Waals surface area contributed by atoms with Crippen molar-refractivity contribution in [3.05, 3.63) is 24.3 Å². The standard InChI is InChI=1S/C22H28N6O2S/c1-31-21-25-26-27-28(21)18-4-2-3-17(10-18)24-19(29)5-6-23-20(30)22-11-14-7-15(12-22)9-16(8-14)13-22/h2-4,10,14-16H,5-9,11-13H2,1H3,(H,23,30)(H,24,29). The van der Waals surface area contributed by atoms with Gasteiger partial charge < -0.3 is 10.6 Å². The topological polar surface area (TPSA) is 102 Å². The lowest BCUT2D eigenvalue weighted by Gasteiger charge is -2.55. The Labute approximate surface area is 185 Å². The summed E-state index contributed by atoms with van der Waals surface area (Å²) < 4.78 is 1.63. The molecule has 4 bridgehead atoms. The Kier molecular flexibility index (Phi) is 5.45. The van der Waals surface area contributed by atoms with Crippen LogP contribution in [0.4, 0.5) is 5.69 Å². The molecule has 4 aliphatic carbocycles. The smallest absolute Gasteiger partial charge is 0.226 e. The van der Waals surface area contributed by atoms with Crippen LogP contribution in [0.2, 0.25) is 0 Å². The van der Waals surface area contributed by atoms with Crippen LogP contribution in [0.5, 0.6) is 0 Å². The molecule has 164 valence electrons. The summed E-state index contributed by atoms with van der Waals surface area (Å²) in [4.78, 5) is 25.5. The molecule has 6 rings (SSSR count). The fourth-order valence-electron chi connectivity index (χ4n) is 6.27. The summed E-state index contributed by atoms with van der Waals surface area (Å²) in [5.74, 6) is 2.26. The zero-order valence-corrected chi connectivity index (χ0v) is 18.5. The van der Waals surface area contributed by atoms with Crippen LogP contribution >= 0.6 is 11.8 Å². The lowest BCUT2D eigenvalue weighted by atomic mass is 9.49. The molecule has 1 aromatic heterocycles. The summed E-state index contributed by atoms with van der Waals surface area (Å²) in [6, 6.07) is 7.41. The highest BCUT2D eigenvalue weighted by atomic mass is 32.2. The summed E-state index contributed by atoms with van der Waals surface area (Å²) in [6.07, 6.45) is 9.23. The van der Waals surface area contributed by atoms with Gasteiger partial charge >= 0.3 is 0 Å². The number of carbonyl (C=O) groups is 2. The third-order valence-corrected chi connectivity index (χ3v) is 7.78. The zero-order valence-electron chi connectivity index (χ0n) is 17.7. The summed E-state index contributed by atoms with van der Waals surface area (Å²) in [7, 11) is 0. The number of amides is 2. The number of rotatable bonds is 7. The van der Waals surface area contributed by atoms with E-state index < -0.39 is 0 Å². The molecule has 0 unspecified atom stereocenters. The normalized spacial score (nSPS) is 28.5. The predicted octanol–water partition coefficient (Wildman–Crippen LogP) is 3.05. The fourth-order valence-corrected chi connectivity index (χ4v) is 6.71. The van der Waals surface area contributed by atoms with Gasteiger partial charge in [0.2, 0.25) is 17.0 Å². The highest BCUT2D eigenvalue weighted by Crippen LogP contribution is 2.60. The first kappa shape index (κ1) is 20.5. The number of hydrogen-bond acceptors (Lipinski definition) is 6. The number of thioether (sulfide) groups is 1. The number of nitrogens with one attached hydrogen (secondary N) is 2. The second-order valence-electron chi connectivity index (χ2n) is 9.38. The van der Waals surface area contributed by atoms with Gasteiger partial charge in [-0.3, -0.25) is 9.59 Å². The number of carbonyl (C=O) groups excluding carboxylic acids is 2. The molecule has 0 atom stereocenters. The van der Waals surface area contributed by atoms with Crippen molar-refractivity contribution >= 4 is 29.3 Å². The van der Waals surface area contributed by atoms with E-state index >= 15 is 0 Å². The number of nitrogens with zero attached hydrogens (tertiary/aromatic N) is 4. The van der Waals surface area contributed by atoms with Crippen molar-refractivity contribution in [3.63, 3.8) is 0 Å². The lowest BCUT2D eigenvalue weighted by molar-refractivity contribution is -0.146. The molecule has 9 heteroatoms. The van der Waals surface area contributed by atoms with Crippen LogP contribution in [0.25, 0.3) is 5.69 Å². The zero-order chi connectivity index (χ0) is 21.4. The Morgan fingerprint density at radius 3 is 2.55 bits per heavy atom. The van der Waals surface area contributed by atoms with Gasteiger partial charge in [-0.1, -0.05) is 17.8 Å². The highest BCUT2D eigenvalue weighted by molar-refractivity contribution is 7.98. The van der Waals surface area contributed by atoms with E-state index in [1.807, 2.05) is 30.5 Å². The van der Waals surface area contributed by atoms with Gasteiger partial charge in [0.1, 0.15) is 0 Å². The van der Waals surface area contributed by atoms with Crippen molar-refractivity contribution in [3.8, 4) is 5.69 Å². The van der Waals surface area contributed by atoms with Gasteiger partial charge in [-0.05, 0) is 91.2 Å². The fraction of sp³-hybridized carbons (Fsp3) is 0.591. The number of tetrazole rings is 1. The first-order valence-corrected chi connectivity index (χ1v) is 12.3. The quantitative estimate of drug-likeness (QED) is 0.642. The highest BCUT2D eigenvalue weighted by Gasteiger charge is 2.54. The lowest BCUT2D eigenvalue weighted by Crippen LogP contribution is -2.53. The van der Waals surface area contributed by atoms with E-state index in [0.29, 0.717) is 17.4 Å². The van der Waals surface area contributed by atoms with Crippen LogP contribution in [-0.4, -0.2) is 44.8 Å². The molecule has 0 saturated heterocycles. The predicted molar refractivity (Wildman–Crippen MR) is 118 cm³/mol. The molecule has 4 saturated carbocycles. The largest absolute Gasteiger partial charge is 0.355 e. The average Bonchev–Trinajstić information content (AvgIpc) is 3.22. The van der Waals surface area contributed by atoms with E-state index in [4.69, 9.17) is 0 Å². The van der Waals surface area contributed by atoms with Crippen LogP contribution in [-0.2, 0) is 9.59 Å². The molecule has 4 fully saturated rings. The van der Waals surface area contributed by atoms with Gasteiger partial charge in [0.15, 0.2) is 0 Å². The van der Waals surface area contributed by atoms with Crippen LogP contribution in [0.3, 0.4) is 0 Å². The van der Waals surface area contributed by atoms with E-state index in [0.717, 1.165) is 42.7 Å². The molecule has 1 aromatic carbocycles. The first-order valence-electron chi connectivity index (χ1n) is 11.1. The van der Waals surface area contributed by atoms with Crippen molar-refractivity contribution < 1.29 is 9.59 Å². The first-order chi connectivity index (χ1) is 15.0. The van der Waals surface area contributed by atoms with Crippen molar-refractivity contribution in [2.75, 3.05) is 18.1 Å². The molecular weight excluding hydrogens is 412 g/mol. The summed E-state index contributed by atoms with van der Waals surface area (Å²) >= 11 is 1.45. The molecule has 0 radical (unpaired) electrons. The Balaban J connectivity index is 1.14. The molecule has 31 heavy (non-hydrogen) atoms. The van der Waals surface area contributed by atoms with Crippen molar-refractivity contribution in [1.82, 2.24) is 25.5 Å². The molecule has 0 spiro atoms. The number of benzene rings is 1. The van der Waals surface area contributed by atoms with Gasteiger partial charge in [-0.15, -0.1) is 5.10 Å². The molecule has 2 amide bonds. The van der Waals surface area contributed by atoms with Gasteiger partial charge in [-0.25, -0.2) is 0 Å². The van der Waals surface area contributed by atoms with E-state index in [1.165, 1.54) is 31.0 Å². The molecule has 1 heterocycles. The molecular formula is C22H28N6O2S. The molecule has 2 aromatic rings. The van der Waals surface area contributed by atoms with E-state index in [1.54, 1.807) is 4.68 Å². The molecule has 0 aliphatic heterocycles. The van der Waals surface area contributed by atoms with Crippen LogP contribution in [0.1, 0.15) is 44.9 Å². The number of hydrogen-bond donors (Lipinski definition) is 2. The second-order valence-corrected chi connectivity index (χ2v) is 10.2. The Bertz CT molecular complexity index is 955. The molecule has 4 aliphatic rings.